The van der Waals surface area contributed by atoms with Gasteiger partial charge in [0.1, 0.15) is 5.75 Å². The van der Waals surface area contributed by atoms with Gasteiger partial charge in [-0.3, -0.25) is 9.59 Å². The van der Waals surface area contributed by atoms with E-state index in [-0.39, 0.29) is 36.1 Å². The molecule has 0 unspecified atom stereocenters. The van der Waals surface area contributed by atoms with Crippen LogP contribution in [0.4, 0.5) is 0 Å². The molecular formula is C21H20N2O4. The van der Waals surface area contributed by atoms with Crippen LogP contribution in [0.1, 0.15) is 32.0 Å². The Balaban J connectivity index is 1.54. The van der Waals surface area contributed by atoms with Crippen molar-refractivity contribution < 1.29 is 19.1 Å². The molecule has 0 spiro atoms. The van der Waals surface area contributed by atoms with E-state index in [9.17, 15) is 14.7 Å². The van der Waals surface area contributed by atoms with Crippen molar-refractivity contribution in [2.45, 2.75) is 6.42 Å². The van der Waals surface area contributed by atoms with Gasteiger partial charge in [0.25, 0.3) is 11.8 Å². The molecule has 0 saturated carbocycles. The first kappa shape index (κ1) is 18.3. The lowest BCUT2D eigenvalue weighted by Crippen LogP contribution is -2.34. The van der Waals surface area contributed by atoms with Crippen LogP contribution in [-0.4, -0.2) is 30.0 Å². The number of hydrogen-bond donors (Lipinski definition) is 3. The van der Waals surface area contributed by atoms with Crippen LogP contribution in [0.2, 0.25) is 0 Å². The molecule has 3 aromatic rings. The zero-order valence-electron chi connectivity index (χ0n) is 14.6. The molecule has 3 N–H and O–H groups in total. The fourth-order valence-electron chi connectivity index (χ4n) is 2.65. The van der Waals surface area contributed by atoms with Gasteiger partial charge in [-0.05, 0) is 41.8 Å². The van der Waals surface area contributed by atoms with Gasteiger partial charge < -0.3 is 20.2 Å². The van der Waals surface area contributed by atoms with Crippen molar-refractivity contribution in [3.63, 3.8) is 0 Å². The molecule has 138 valence electrons. The van der Waals surface area contributed by atoms with Gasteiger partial charge in [0.2, 0.25) is 0 Å². The lowest BCUT2D eigenvalue weighted by atomic mass is 10.0. The van der Waals surface area contributed by atoms with E-state index < -0.39 is 5.91 Å². The average molecular weight is 364 g/mol. The molecule has 0 aliphatic rings. The molecule has 0 saturated heterocycles. The Hall–Kier alpha value is -3.54. The van der Waals surface area contributed by atoms with E-state index in [0.29, 0.717) is 6.42 Å². The van der Waals surface area contributed by atoms with Crippen LogP contribution in [0, 0.1) is 0 Å². The highest BCUT2D eigenvalue weighted by atomic mass is 16.3. The molecule has 2 amide bonds. The zero-order chi connectivity index (χ0) is 19.1. The normalized spacial score (nSPS) is 10.4. The number of phenolic OH excluding ortho intramolecular Hbond substituents is 1. The second-order valence-electron chi connectivity index (χ2n) is 6.00. The smallest absolute Gasteiger partial charge is 0.287 e. The van der Waals surface area contributed by atoms with Crippen LogP contribution >= 0.6 is 0 Å². The molecule has 0 aliphatic carbocycles. The van der Waals surface area contributed by atoms with Gasteiger partial charge in [-0.1, -0.05) is 36.4 Å². The molecule has 27 heavy (non-hydrogen) atoms. The summed E-state index contributed by atoms with van der Waals surface area (Å²) < 4.78 is 4.99. The number of nitrogens with one attached hydrogen (secondary N) is 2. The van der Waals surface area contributed by atoms with Crippen molar-refractivity contribution in [1.29, 1.82) is 0 Å². The van der Waals surface area contributed by atoms with Gasteiger partial charge in [-0.15, -0.1) is 0 Å². The predicted octanol–water partition coefficient (Wildman–Crippen LogP) is 2.74. The molecule has 2 aromatic carbocycles. The van der Waals surface area contributed by atoms with E-state index in [4.69, 9.17) is 4.42 Å². The first-order chi connectivity index (χ1) is 13.1. The first-order valence-electron chi connectivity index (χ1n) is 8.59. The van der Waals surface area contributed by atoms with Crippen LogP contribution in [0.25, 0.3) is 0 Å². The van der Waals surface area contributed by atoms with Crippen molar-refractivity contribution in [3.05, 3.63) is 89.4 Å². The van der Waals surface area contributed by atoms with E-state index in [2.05, 4.69) is 10.6 Å². The molecule has 6 nitrogen and oxygen atoms in total. The molecular weight excluding hydrogens is 344 g/mol. The Kier molecular flexibility index (Phi) is 5.89. The number of furan rings is 1. The maximum Gasteiger partial charge on any atom is 0.287 e. The molecule has 6 heteroatoms. The van der Waals surface area contributed by atoms with Gasteiger partial charge in [0.15, 0.2) is 5.76 Å². The third-order valence-electron chi connectivity index (χ3n) is 4.00. The maximum atomic E-state index is 12.3. The van der Waals surface area contributed by atoms with Gasteiger partial charge in [-0.2, -0.15) is 0 Å². The van der Waals surface area contributed by atoms with Crippen LogP contribution in [0.15, 0.2) is 71.3 Å². The van der Waals surface area contributed by atoms with E-state index >= 15 is 0 Å². The van der Waals surface area contributed by atoms with Gasteiger partial charge >= 0.3 is 0 Å². The van der Waals surface area contributed by atoms with Gasteiger partial charge in [0, 0.05) is 13.1 Å². The first-order valence-corrected chi connectivity index (χ1v) is 8.59. The fourth-order valence-corrected chi connectivity index (χ4v) is 2.65. The quantitative estimate of drug-likeness (QED) is 0.562. The molecule has 0 fully saturated rings. The Bertz CT molecular complexity index is 905. The van der Waals surface area contributed by atoms with Crippen molar-refractivity contribution in [3.8, 4) is 5.75 Å². The summed E-state index contributed by atoms with van der Waals surface area (Å²) >= 11 is 0. The lowest BCUT2D eigenvalue weighted by molar-refractivity contribution is 0.0909. The second-order valence-corrected chi connectivity index (χ2v) is 6.00. The summed E-state index contributed by atoms with van der Waals surface area (Å²) in [5, 5.41) is 15.3. The number of aromatic hydroxyl groups is 1. The molecule has 0 bridgehead atoms. The van der Waals surface area contributed by atoms with Crippen molar-refractivity contribution >= 4 is 11.8 Å². The van der Waals surface area contributed by atoms with Crippen LogP contribution in [-0.2, 0) is 6.42 Å². The van der Waals surface area contributed by atoms with E-state index in [1.165, 1.54) is 12.3 Å². The summed E-state index contributed by atoms with van der Waals surface area (Å²) in [6, 6.07) is 18.1. The molecule has 1 heterocycles. The fraction of sp³-hybridized carbons (Fsp3) is 0.143. The highest BCUT2D eigenvalue weighted by Gasteiger charge is 2.12. The van der Waals surface area contributed by atoms with Gasteiger partial charge in [-0.25, -0.2) is 0 Å². The van der Waals surface area contributed by atoms with Crippen molar-refractivity contribution in [2.75, 3.05) is 13.1 Å². The third kappa shape index (κ3) is 4.98. The largest absolute Gasteiger partial charge is 0.507 e. The van der Waals surface area contributed by atoms with Crippen molar-refractivity contribution in [1.82, 2.24) is 10.6 Å². The number of carbonyl (C=O) groups is 2. The number of phenols is 1. The topological polar surface area (TPSA) is 91.6 Å². The number of carbonyl (C=O) groups excluding carboxylic acids is 2. The number of rotatable bonds is 7. The SMILES string of the molecule is O=C(NCCNC(=O)c1cc(Cc2ccccc2)ccc1O)c1ccco1. The second kappa shape index (κ2) is 8.71. The Morgan fingerprint density at radius 3 is 2.30 bits per heavy atom. The van der Waals surface area contributed by atoms with Crippen LogP contribution < -0.4 is 10.6 Å². The number of amides is 2. The summed E-state index contributed by atoms with van der Waals surface area (Å²) in [5.74, 6) is -0.604. The van der Waals surface area contributed by atoms with Gasteiger partial charge in [0.05, 0.1) is 11.8 Å². The van der Waals surface area contributed by atoms with Crippen molar-refractivity contribution in [2.24, 2.45) is 0 Å². The van der Waals surface area contributed by atoms with Crippen LogP contribution in [0.5, 0.6) is 5.75 Å². The molecule has 0 aliphatic heterocycles. The summed E-state index contributed by atoms with van der Waals surface area (Å²) in [5.41, 5.74) is 2.26. The van der Waals surface area contributed by atoms with Crippen LogP contribution in [0.3, 0.4) is 0 Å². The van der Waals surface area contributed by atoms with E-state index in [1.807, 2.05) is 30.3 Å². The summed E-state index contributed by atoms with van der Waals surface area (Å²) in [6.07, 6.45) is 2.09. The highest BCUT2D eigenvalue weighted by Crippen LogP contribution is 2.20. The molecule has 3 rings (SSSR count). The minimum atomic E-state index is -0.394. The minimum Gasteiger partial charge on any atom is -0.507 e. The Morgan fingerprint density at radius 2 is 1.59 bits per heavy atom. The standard InChI is InChI=1S/C21H20N2O4/c24-18-9-8-16(13-15-5-2-1-3-6-15)14-17(18)20(25)22-10-11-23-21(26)19-7-4-12-27-19/h1-9,12,14,24H,10-11,13H2,(H,22,25)(H,23,26). The van der Waals surface area contributed by atoms with E-state index in [1.54, 1.807) is 24.3 Å². The average Bonchev–Trinajstić information content (AvgIpc) is 3.22. The Labute approximate surface area is 156 Å². The maximum absolute atomic E-state index is 12.3. The lowest BCUT2D eigenvalue weighted by Gasteiger charge is -2.10. The predicted molar refractivity (Wildman–Crippen MR) is 101 cm³/mol. The zero-order valence-corrected chi connectivity index (χ0v) is 14.6. The summed E-state index contributed by atoms with van der Waals surface area (Å²) in [4.78, 5) is 24.1. The van der Waals surface area contributed by atoms with E-state index in [0.717, 1.165) is 11.1 Å². The summed E-state index contributed by atoms with van der Waals surface area (Å²) in [6.45, 7) is 0.476. The third-order valence-corrected chi connectivity index (χ3v) is 4.00. The molecule has 0 radical (unpaired) electrons. The highest BCUT2D eigenvalue weighted by molar-refractivity contribution is 5.97. The minimum absolute atomic E-state index is 0.0797. The molecule has 0 atom stereocenters. The number of hydrogen-bond acceptors (Lipinski definition) is 4. The Morgan fingerprint density at radius 1 is 0.852 bits per heavy atom. The molecule has 1 aromatic heterocycles. The monoisotopic (exact) mass is 364 g/mol. The summed E-state index contributed by atoms with van der Waals surface area (Å²) in [7, 11) is 0. The number of benzene rings is 2.